The molecule has 2 atom stereocenters. The van der Waals surface area contributed by atoms with Gasteiger partial charge in [0.2, 0.25) is 0 Å². The number of hydrogen-bond donors (Lipinski definition) is 0. The zero-order valence-electron chi connectivity index (χ0n) is 13.7. The van der Waals surface area contributed by atoms with E-state index in [1.54, 1.807) is 5.57 Å². The van der Waals surface area contributed by atoms with E-state index in [1.807, 2.05) is 0 Å². The van der Waals surface area contributed by atoms with Crippen LogP contribution in [0.2, 0.25) is 0 Å². The normalized spacial score (nSPS) is 30.4. The Balaban J connectivity index is 1.97. The molecule has 0 unspecified atom stereocenters. The molecule has 0 N–H and O–H groups in total. The van der Waals surface area contributed by atoms with E-state index in [0.29, 0.717) is 6.04 Å². The van der Waals surface area contributed by atoms with Gasteiger partial charge in [-0.3, -0.25) is 0 Å². The van der Waals surface area contributed by atoms with Gasteiger partial charge < -0.3 is 9.64 Å². The molecule has 2 rings (SSSR count). The minimum absolute atomic E-state index is 0.137. The molecule has 0 spiro atoms. The van der Waals surface area contributed by atoms with E-state index in [2.05, 4.69) is 44.9 Å². The van der Waals surface area contributed by atoms with Crippen LogP contribution in [0.4, 0.5) is 0 Å². The molecule has 2 nitrogen and oxygen atoms in total. The summed E-state index contributed by atoms with van der Waals surface area (Å²) in [5.41, 5.74) is 1.69. The summed E-state index contributed by atoms with van der Waals surface area (Å²) in [5, 5.41) is 0. The molecule has 0 saturated carbocycles. The largest absolute Gasteiger partial charge is 0.496 e. The van der Waals surface area contributed by atoms with Crippen LogP contribution in [-0.4, -0.2) is 31.1 Å². The molecule has 0 amide bonds. The van der Waals surface area contributed by atoms with Gasteiger partial charge in [-0.05, 0) is 65.1 Å². The molecule has 0 aromatic carbocycles. The fourth-order valence-electron chi connectivity index (χ4n) is 3.51. The number of hydrogen-bond acceptors (Lipinski definition) is 2. The molecule has 114 valence electrons. The molecule has 1 fully saturated rings. The second kappa shape index (κ2) is 6.80. The molecule has 1 saturated heterocycles. The van der Waals surface area contributed by atoms with Crippen molar-refractivity contribution in [2.75, 3.05) is 20.2 Å². The molecule has 20 heavy (non-hydrogen) atoms. The van der Waals surface area contributed by atoms with Crippen molar-refractivity contribution < 1.29 is 4.74 Å². The van der Waals surface area contributed by atoms with Crippen LogP contribution in [0, 0.1) is 5.41 Å². The lowest BCUT2D eigenvalue weighted by molar-refractivity contribution is 0.110. The summed E-state index contributed by atoms with van der Waals surface area (Å²) >= 11 is 0. The van der Waals surface area contributed by atoms with E-state index < -0.39 is 0 Å². The quantitative estimate of drug-likeness (QED) is 0.661. The van der Waals surface area contributed by atoms with E-state index in [9.17, 15) is 0 Å². The van der Waals surface area contributed by atoms with Crippen LogP contribution in [0.1, 0.15) is 59.3 Å². The monoisotopic (exact) mass is 277 g/mol. The van der Waals surface area contributed by atoms with Crippen LogP contribution in [0.25, 0.3) is 0 Å². The first-order valence-corrected chi connectivity index (χ1v) is 8.33. The van der Waals surface area contributed by atoms with E-state index in [-0.39, 0.29) is 5.41 Å². The minimum Gasteiger partial charge on any atom is -0.496 e. The number of rotatable bonds is 6. The highest BCUT2D eigenvalue weighted by atomic mass is 16.5. The van der Waals surface area contributed by atoms with Gasteiger partial charge in [-0.25, -0.2) is 0 Å². The summed E-state index contributed by atoms with van der Waals surface area (Å²) < 4.78 is 6.24. The van der Waals surface area contributed by atoms with Gasteiger partial charge >= 0.3 is 0 Å². The molecule has 0 radical (unpaired) electrons. The van der Waals surface area contributed by atoms with Crippen molar-refractivity contribution in [3.8, 4) is 0 Å². The van der Waals surface area contributed by atoms with E-state index in [0.717, 1.165) is 25.9 Å². The second-order valence-electron chi connectivity index (χ2n) is 6.62. The highest BCUT2D eigenvalue weighted by molar-refractivity contribution is 5.24. The highest BCUT2D eigenvalue weighted by Crippen LogP contribution is 2.42. The number of nitrogens with zero attached hydrogens (tertiary/aromatic N) is 1. The van der Waals surface area contributed by atoms with E-state index >= 15 is 0 Å². The first-order valence-electron chi connectivity index (χ1n) is 8.33. The predicted molar refractivity (Wildman–Crippen MR) is 85.7 cm³/mol. The van der Waals surface area contributed by atoms with Crippen molar-refractivity contribution in [3.05, 3.63) is 23.5 Å². The van der Waals surface area contributed by atoms with Crippen LogP contribution in [-0.2, 0) is 4.74 Å². The summed E-state index contributed by atoms with van der Waals surface area (Å²) in [6.45, 7) is 8.94. The molecule has 1 aliphatic heterocycles. The third-order valence-corrected chi connectivity index (χ3v) is 5.09. The summed E-state index contributed by atoms with van der Waals surface area (Å²) in [5.74, 6) is 1.22. The van der Waals surface area contributed by atoms with Crippen molar-refractivity contribution in [3.63, 3.8) is 0 Å². The van der Waals surface area contributed by atoms with Crippen LogP contribution in [0.3, 0.4) is 0 Å². The van der Waals surface area contributed by atoms with Gasteiger partial charge in [-0.1, -0.05) is 25.5 Å². The Morgan fingerprint density at radius 2 is 2.20 bits per heavy atom. The lowest BCUT2D eigenvalue weighted by Gasteiger charge is -2.28. The standard InChI is InChI=1S/C18H31NO/c1-5-15(6-2)13-18(3)11-7-10-17(18)20-14-16-9-8-12-19(16)4/h10,13,16H,5-9,11-12,14H2,1-4H3/t16-,18+/m0/s1. The van der Waals surface area contributed by atoms with Crippen molar-refractivity contribution in [1.29, 1.82) is 0 Å². The fraction of sp³-hybridized carbons (Fsp3) is 0.778. The Labute approximate surface area is 124 Å². The third kappa shape index (κ3) is 3.46. The van der Waals surface area contributed by atoms with Crippen LogP contribution in [0.5, 0.6) is 0 Å². The van der Waals surface area contributed by atoms with E-state index in [4.69, 9.17) is 4.74 Å². The lowest BCUT2D eigenvalue weighted by Crippen LogP contribution is -2.30. The maximum Gasteiger partial charge on any atom is 0.103 e. The molecule has 0 aromatic heterocycles. The zero-order chi connectivity index (χ0) is 14.6. The molecular weight excluding hydrogens is 246 g/mol. The van der Waals surface area contributed by atoms with Crippen LogP contribution >= 0.6 is 0 Å². The molecule has 2 heteroatoms. The van der Waals surface area contributed by atoms with Gasteiger partial charge in [0.15, 0.2) is 0 Å². The molecule has 2 aliphatic rings. The Bertz CT molecular complexity index is 379. The molecule has 1 heterocycles. The van der Waals surface area contributed by atoms with Crippen LogP contribution < -0.4 is 0 Å². The smallest absolute Gasteiger partial charge is 0.103 e. The molecule has 1 aliphatic carbocycles. The first-order chi connectivity index (χ1) is 9.59. The maximum atomic E-state index is 6.24. The van der Waals surface area contributed by atoms with Crippen LogP contribution in [0.15, 0.2) is 23.5 Å². The van der Waals surface area contributed by atoms with Gasteiger partial charge in [0, 0.05) is 11.5 Å². The van der Waals surface area contributed by atoms with Gasteiger partial charge in [-0.2, -0.15) is 0 Å². The first kappa shape index (κ1) is 15.6. The highest BCUT2D eigenvalue weighted by Gasteiger charge is 2.33. The van der Waals surface area contributed by atoms with Gasteiger partial charge in [0.05, 0.1) is 0 Å². The second-order valence-corrected chi connectivity index (χ2v) is 6.62. The third-order valence-electron chi connectivity index (χ3n) is 5.09. The lowest BCUT2D eigenvalue weighted by atomic mass is 9.85. The Morgan fingerprint density at radius 1 is 1.45 bits per heavy atom. The average molecular weight is 277 g/mol. The average Bonchev–Trinajstić information content (AvgIpc) is 3.00. The van der Waals surface area contributed by atoms with Crippen molar-refractivity contribution in [2.45, 2.75) is 65.3 Å². The summed E-state index contributed by atoms with van der Waals surface area (Å²) in [6, 6.07) is 0.613. The number of likely N-dealkylation sites (N-methyl/N-ethyl adjacent to an activating group) is 1. The van der Waals surface area contributed by atoms with Gasteiger partial charge in [-0.15, -0.1) is 0 Å². The van der Waals surface area contributed by atoms with Crippen molar-refractivity contribution >= 4 is 0 Å². The van der Waals surface area contributed by atoms with Gasteiger partial charge in [0.25, 0.3) is 0 Å². The van der Waals surface area contributed by atoms with Gasteiger partial charge in [0.1, 0.15) is 12.4 Å². The Kier molecular flexibility index (Phi) is 5.31. The molecule has 0 aromatic rings. The van der Waals surface area contributed by atoms with Crippen molar-refractivity contribution in [2.24, 2.45) is 5.41 Å². The Morgan fingerprint density at radius 3 is 2.80 bits per heavy atom. The molecular formula is C18H31NO. The SMILES string of the molecule is CCC(=C[C@@]1(C)CCC=C1OC[C@@H]1CCCN1C)CC. The summed E-state index contributed by atoms with van der Waals surface area (Å²) in [6.07, 6.45) is 12.1. The fourth-order valence-corrected chi connectivity index (χ4v) is 3.51. The summed E-state index contributed by atoms with van der Waals surface area (Å²) in [4.78, 5) is 2.44. The maximum absolute atomic E-state index is 6.24. The molecule has 0 bridgehead atoms. The predicted octanol–water partition coefficient (Wildman–Crippen LogP) is 4.53. The van der Waals surface area contributed by atoms with Crippen molar-refractivity contribution in [1.82, 2.24) is 4.90 Å². The number of likely N-dealkylation sites (tertiary alicyclic amines) is 1. The summed E-state index contributed by atoms with van der Waals surface area (Å²) in [7, 11) is 2.22. The zero-order valence-corrected chi connectivity index (χ0v) is 13.7. The minimum atomic E-state index is 0.137. The Hall–Kier alpha value is -0.760. The topological polar surface area (TPSA) is 12.5 Å². The number of allylic oxidation sites excluding steroid dienone is 3. The number of ether oxygens (including phenoxy) is 1. The van der Waals surface area contributed by atoms with E-state index in [1.165, 1.54) is 31.6 Å².